The number of fused-ring (bicyclic) bond motifs is 1. The van der Waals surface area contributed by atoms with Crippen molar-refractivity contribution < 1.29 is 9.47 Å². The minimum Gasteiger partial charge on any atom is -0.496 e. The number of hydrogen-bond donors (Lipinski definition) is 0. The molecule has 2 aromatic carbocycles. The second-order valence-electron chi connectivity index (χ2n) is 7.30. The summed E-state index contributed by atoms with van der Waals surface area (Å²) in [7, 11) is 1.74. The van der Waals surface area contributed by atoms with Crippen molar-refractivity contribution >= 4 is 11.4 Å². The van der Waals surface area contributed by atoms with Gasteiger partial charge in [-0.3, -0.25) is 0 Å². The monoisotopic (exact) mass is 337 g/mol. The number of nitrogens with zero attached hydrogens (tertiary/aromatic N) is 1. The van der Waals surface area contributed by atoms with E-state index in [4.69, 9.17) is 9.47 Å². The molecule has 1 fully saturated rings. The van der Waals surface area contributed by atoms with Crippen molar-refractivity contribution in [3.8, 4) is 5.75 Å². The largest absolute Gasteiger partial charge is 0.496 e. The van der Waals surface area contributed by atoms with Gasteiger partial charge in [-0.05, 0) is 61.9 Å². The van der Waals surface area contributed by atoms with Gasteiger partial charge in [-0.2, -0.15) is 0 Å². The Kier molecular flexibility index (Phi) is 4.43. The van der Waals surface area contributed by atoms with Crippen LogP contribution in [0, 0.1) is 6.92 Å². The summed E-state index contributed by atoms with van der Waals surface area (Å²) in [5.41, 5.74) is 6.59. The Morgan fingerprint density at radius 2 is 1.96 bits per heavy atom. The van der Waals surface area contributed by atoms with Crippen LogP contribution in [0.5, 0.6) is 5.75 Å². The molecule has 132 valence electrons. The van der Waals surface area contributed by atoms with Crippen molar-refractivity contribution in [3.63, 3.8) is 0 Å². The standard InChI is InChI=1S/C22H27NO2/c1-15-13-19-14-18(17-7-8-17)9-10-21(19)23(11-12-25-15)20-5-4-6-22(24-3)16(20)2/h4-6,9-10,14-15,17H,7-8,11-13H2,1-3H3. The van der Waals surface area contributed by atoms with Crippen LogP contribution in [0.1, 0.15) is 42.4 Å². The molecule has 4 rings (SSSR count). The van der Waals surface area contributed by atoms with Gasteiger partial charge in [0, 0.05) is 29.9 Å². The van der Waals surface area contributed by atoms with Gasteiger partial charge in [0.25, 0.3) is 0 Å². The maximum absolute atomic E-state index is 6.03. The predicted octanol–water partition coefficient (Wildman–Crippen LogP) is 4.98. The van der Waals surface area contributed by atoms with E-state index in [-0.39, 0.29) is 6.10 Å². The Bertz CT molecular complexity index is 767. The number of ether oxygens (including phenoxy) is 2. The van der Waals surface area contributed by atoms with Crippen molar-refractivity contribution in [1.29, 1.82) is 0 Å². The van der Waals surface area contributed by atoms with Crippen LogP contribution in [0.4, 0.5) is 11.4 Å². The van der Waals surface area contributed by atoms with Crippen LogP contribution >= 0.6 is 0 Å². The first-order valence-electron chi connectivity index (χ1n) is 9.33. The number of methoxy groups -OCH3 is 1. The summed E-state index contributed by atoms with van der Waals surface area (Å²) in [6, 6.07) is 13.3. The zero-order chi connectivity index (χ0) is 17.4. The highest BCUT2D eigenvalue weighted by atomic mass is 16.5. The molecule has 1 saturated carbocycles. The van der Waals surface area contributed by atoms with E-state index in [0.717, 1.165) is 31.2 Å². The molecule has 2 aliphatic rings. The van der Waals surface area contributed by atoms with Crippen LogP contribution in [0.15, 0.2) is 36.4 Å². The summed E-state index contributed by atoms with van der Waals surface area (Å²) in [6.45, 7) is 5.91. The van der Waals surface area contributed by atoms with E-state index in [0.29, 0.717) is 0 Å². The number of hydrogen-bond acceptors (Lipinski definition) is 3. The predicted molar refractivity (Wildman–Crippen MR) is 102 cm³/mol. The highest BCUT2D eigenvalue weighted by molar-refractivity contribution is 5.71. The summed E-state index contributed by atoms with van der Waals surface area (Å²) in [4.78, 5) is 2.40. The molecule has 1 aliphatic carbocycles. The Morgan fingerprint density at radius 1 is 1.12 bits per heavy atom. The van der Waals surface area contributed by atoms with Gasteiger partial charge in [0.1, 0.15) is 5.75 Å². The van der Waals surface area contributed by atoms with Gasteiger partial charge in [0.2, 0.25) is 0 Å². The SMILES string of the molecule is COc1cccc(N2CCOC(C)Cc3cc(C4CC4)ccc32)c1C. The fourth-order valence-corrected chi connectivity index (χ4v) is 3.90. The van der Waals surface area contributed by atoms with Gasteiger partial charge in [0.05, 0.1) is 19.8 Å². The highest BCUT2D eigenvalue weighted by Gasteiger charge is 2.26. The van der Waals surface area contributed by atoms with Gasteiger partial charge < -0.3 is 14.4 Å². The van der Waals surface area contributed by atoms with Crippen LogP contribution in [-0.2, 0) is 11.2 Å². The van der Waals surface area contributed by atoms with E-state index < -0.39 is 0 Å². The van der Waals surface area contributed by atoms with Gasteiger partial charge in [0.15, 0.2) is 0 Å². The van der Waals surface area contributed by atoms with Gasteiger partial charge in [-0.15, -0.1) is 0 Å². The lowest BCUT2D eigenvalue weighted by molar-refractivity contribution is 0.0703. The van der Waals surface area contributed by atoms with E-state index in [1.165, 1.54) is 40.9 Å². The Morgan fingerprint density at radius 3 is 2.72 bits per heavy atom. The van der Waals surface area contributed by atoms with Crippen LogP contribution in [0.3, 0.4) is 0 Å². The number of rotatable bonds is 3. The Labute approximate surface area is 150 Å². The second kappa shape index (κ2) is 6.72. The third kappa shape index (κ3) is 3.25. The maximum Gasteiger partial charge on any atom is 0.123 e. The van der Waals surface area contributed by atoms with Crippen molar-refractivity contribution in [2.45, 2.75) is 45.1 Å². The molecule has 0 amide bonds. The van der Waals surface area contributed by atoms with Crippen LogP contribution in [-0.4, -0.2) is 26.4 Å². The van der Waals surface area contributed by atoms with E-state index in [2.05, 4.69) is 49.1 Å². The molecule has 0 aromatic heterocycles. The average molecular weight is 337 g/mol. The van der Waals surface area contributed by atoms with E-state index in [1.54, 1.807) is 7.11 Å². The topological polar surface area (TPSA) is 21.7 Å². The fourth-order valence-electron chi connectivity index (χ4n) is 3.90. The molecule has 1 unspecified atom stereocenters. The van der Waals surface area contributed by atoms with Crippen molar-refractivity contribution in [1.82, 2.24) is 0 Å². The summed E-state index contributed by atoms with van der Waals surface area (Å²) in [5.74, 6) is 1.71. The molecule has 0 radical (unpaired) electrons. The zero-order valence-electron chi connectivity index (χ0n) is 15.4. The summed E-state index contributed by atoms with van der Waals surface area (Å²) >= 11 is 0. The molecule has 0 spiro atoms. The summed E-state index contributed by atoms with van der Waals surface area (Å²) in [5, 5.41) is 0. The average Bonchev–Trinajstić information content (AvgIpc) is 3.43. The zero-order valence-corrected chi connectivity index (χ0v) is 15.4. The first kappa shape index (κ1) is 16.5. The van der Waals surface area contributed by atoms with E-state index in [9.17, 15) is 0 Å². The molecule has 2 aromatic rings. The van der Waals surface area contributed by atoms with Gasteiger partial charge >= 0.3 is 0 Å². The lowest BCUT2D eigenvalue weighted by atomic mass is 9.98. The van der Waals surface area contributed by atoms with Gasteiger partial charge in [-0.25, -0.2) is 0 Å². The quantitative estimate of drug-likeness (QED) is 0.788. The van der Waals surface area contributed by atoms with Crippen molar-refractivity contribution in [3.05, 3.63) is 53.1 Å². The third-order valence-electron chi connectivity index (χ3n) is 5.43. The second-order valence-corrected chi connectivity index (χ2v) is 7.30. The smallest absolute Gasteiger partial charge is 0.123 e. The molecule has 1 heterocycles. The summed E-state index contributed by atoms with van der Waals surface area (Å²) in [6.07, 6.45) is 3.91. The lowest BCUT2D eigenvalue weighted by Gasteiger charge is -2.32. The van der Waals surface area contributed by atoms with Gasteiger partial charge in [-0.1, -0.05) is 18.2 Å². The van der Waals surface area contributed by atoms with Crippen molar-refractivity contribution in [2.24, 2.45) is 0 Å². The fraction of sp³-hybridized carbons (Fsp3) is 0.455. The maximum atomic E-state index is 6.03. The molecular weight excluding hydrogens is 310 g/mol. The minimum absolute atomic E-state index is 0.266. The minimum atomic E-state index is 0.266. The first-order valence-corrected chi connectivity index (χ1v) is 9.33. The lowest BCUT2D eigenvalue weighted by Crippen LogP contribution is -2.29. The molecule has 1 aliphatic heterocycles. The van der Waals surface area contributed by atoms with Crippen LogP contribution in [0.2, 0.25) is 0 Å². The molecule has 0 bridgehead atoms. The van der Waals surface area contributed by atoms with E-state index in [1.807, 2.05) is 6.07 Å². The normalized spacial score (nSPS) is 20.6. The van der Waals surface area contributed by atoms with Crippen LogP contribution < -0.4 is 9.64 Å². The summed E-state index contributed by atoms with van der Waals surface area (Å²) < 4.78 is 11.6. The van der Waals surface area contributed by atoms with Crippen LogP contribution in [0.25, 0.3) is 0 Å². The number of anilines is 2. The molecule has 3 heteroatoms. The molecular formula is C22H27NO2. The molecule has 3 nitrogen and oxygen atoms in total. The molecule has 1 atom stereocenters. The van der Waals surface area contributed by atoms with Crippen molar-refractivity contribution in [2.75, 3.05) is 25.2 Å². The highest BCUT2D eigenvalue weighted by Crippen LogP contribution is 2.43. The molecule has 25 heavy (non-hydrogen) atoms. The van der Waals surface area contributed by atoms with E-state index >= 15 is 0 Å². The number of benzene rings is 2. The molecule has 0 N–H and O–H groups in total. The first-order chi connectivity index (χ1) is 12.2. The molecule has 0 saturated heterocycles. The Hall–Kier alpha value is -2.00. The third-order valence-corrected chi connectivity index (χ3v) is 5.43. The Balaban J connectivity index is 1.79.